The monoisotopic (exact) mass is 284 g/mol. The topological polar surface area (TPSA) is 35.0 Å². The third kappa shape index (κ3) is 4.03. The molecule has 0 radical (unpaired) electrons. The zero-order valence-electron chi connectivity index (χ0n) is 13.3. The van der Waals surface area contributed by atoms with Crippen LogP contribution >= 0.6 is 0 Å². The van der Waals surface area contributed by atoms with Crippen molar-refractivity contribution in [2.45, 2.75) is 46.0 Å². The van der Waals surface area contributed by atoms with Gasteiger partial charge in [-0.2, -0.15) is 0 Å². The Hall–Kier alpha value is -1.90. The van der Waals surface area contributed by atoms with Crippen LogP contribution in [0.2, 0.25) is 0 Å². The summed E-state index contributed by atoms with van der Waals surface area (Å²) >= 11 is 0. The molecular formula is C18H24N2O. The summed E-state index contributed by atoms with van der Waals surface area (Å²) < 4.78 is 5.62. The average molecular weight is 284 g/mol. The van der Waals surface area contributed by atoms with E-state index in [1.807, 2.05) is 31.6 Å². The number of hydrogen-bond acceptors (Lipinski definition) is 3. The Kier molecular flexibility index (Phi) is 5.32. The van der Waals surface area contributed by atoms with Crippen molar-refractivity contribution < 1.29 is 4.74 Å². The van der Waals surface area contributed by atoms with E-state index in [2.05, 4.69) is 42.9 Å². The highest BCUT2D eigenvalue weighted by atomic mass is 16.5. The van der Waals surface area contributed by atoms with Gasteiger partial charge in [0.2, 0.25) is 5.88 Å². The second-order valence-electron chi connectivity index (χ2n) is 5.72. The van der Waals surface area contributed by atoms with Crippen molar-refractivity contribution in [3.63, 3.8) is 0 Å². The molecule has 0 bridgehead atoms. The van der Waals surface area contributed by atoms with Crippen molar-refractivity contribution in [1.82, 2.24) is 9.97 Å². The van der Waals surface area contributed by atoms with Crippen molar-refractivity contribution in [3.8, 4) is 5.88 Å². The molecule has 0 amide bonds. The molecular weight excluding hydrogens is 260 g/mol. The smallest absolute Gasteiger partial charge is 0.216 e. The predicted octanol–water partition coefficient (Wildman–Crippen LogP) is 4.34. The van der Waals surface area contributed by atoms with Crippen LogP contribution in [0.3, 0.4) is 0 Å². The van der Waals surface area contributed by atoms with Gasteiger partial charge in [0.25, 0.3) is 0 Å². The fourth-order valence-electron chi connectivity index (χ4n) is 2.44. The van der Waals surface area contributed by atoms with Gasteiger partial charge in [0, 0.05) is 24.2 Å². The van der Waals surface area contributed by atoms with E-state index in [0.717, 1.165) is 12.3 Å². The summed E-state index contributed by atoms with van der Waals surface area (Å²) in [5.41, 5.74) is 3.70. The third-order valence-corrected chi connectivity index (χ3v) is 3.63. The summed E-state index contributed by atoms with van der Waals surface area (Å²) in [5.74, 6) is 1.61. The van der Waals surface area contributed by atoms with Crippen LogP contribution in [0.5, 0.6) is 5.88 Å². The molecule has 2 aromatic heterocycles. The summed E-state index contributed by atoms with van der Waals surface area (Å²) in [5, 5.41) is 0. The van der Waals surface area contributed by atoms with E-state index in [1.54, 1.807) is 0 Å². The van der Waals surface area contributed by atoms with Crippen LogP contribution in [0.15, 0.2) is 36.8 Å². The molecule has 3 heteroatoms. The maximum Gasteiger partial charge on any atom is 0.216 e. The lowest BCUT2D eigenvalue weighted by molar-refractivity contribution is 0.321. The molecule has 112 valence electrons. The van der Waals surface area contributed by atoms with E-state index >= 15 is 0 Å². The molecule has 0 aliphatic rings. The molecule has 2 aromatic rings. The van der Waals surface area contributed by atoms with Gasteiger partial charge in [0.05, 0.1) is 6.61 Å². The van der Waals surface area contributed by atoms with Crippen LogP contribution in [0.25, 0.3) is 0 Å². The number of pyridine rings is 2. The molecule has 0 saturated carbocycles. The van der Waals surface area contributed by atoms with Crippen molar-refractivity contribution >= 4 is 0 Å². The quantitative estimate of drug-likeness (QED) is 0.791. The van der Waals surface area contributed by atoms with Crippen LogP contribution in [0.4, 0.5) is 0 Å². The molecule has 0 aliphatic carbocycles. The largest absolute Gasteiger partial charge is 0.478 e. The molecule has 2 rings (SSSR count). The van der Waals surface area contributed by atoms with E-state index in [-0.39, 0.29) is 0 Å². The molecule has 0 fully saturated rings. The standard InChI is InChI=1S/C18H24N2O/c1-5-21-18-17(13(2)3)10-15(11-20-18)9-14(4)16-7-6-8-19-12-16/h6-8,10-14H,5,9H2,1-4H3. The van der Waals surface area contributed by atoms with Gasteiger partial charge in [-0.15, -0.1) is 0 Å². The minimum absolute atomic E-state index is 0.410. The van der Waals surface area contributed by atoms with Gasteiger partial charge >= 0.3 is 0 Å². The molecule has 2 heterocycles. The number of aromatic nitrogens is 2. The van der Waals surface area contributed by atoms with Crippen molar-refractivity contribution in [3.05, 3.63) is 53.5 Å². The third-order valence-electron chi connectivity index (χ3n) is 3.63. The van der Waals surface area contributed by atoms with Gasteiger partial charge in [-0.05, 0) is 48.4 Å². The minimum Gasteiger partial charge on any atom is -0.478 e. The summed E-state index contributed by atoms with van der Waals surface area (Å²) in [6.07, 6.45) is 6.65. The number of ether oxygens (including phenoxy) is 1. The van der Waals surface area contributed by atoms with Crippen LogP contribution < -0.4 is 4.74 Å². The van der Waals surface area contributed by atoms with Crippen molar-refractivity contribution in [2.24, 2.45) is 0 Å². The van der Waals surface area contributed by atoms with Crippen molar-refractivity contribution in [2.75, 3.05) is 6.61 Å². The van der Waals surface area contributed by atoms with E-state index < -0.39 is 0 Å². The molecule has 1 atom stereocenters. The zero-order valence-corrected chi connectivity index (χ0v) is 13.3. The molecule has 0 spiro atoms. The Morgan fingerprint density at radius 1 is 1.19 bits per heavy atom. The van der Waals surface area contributed by atoms with Gasteiger partial charge in [-0.1, -0.05) is 26.8 Å². The first-order valence-electron chi connectivity index (χ1n) is 7.63. The Morgan fingerprint density at radius 2 is 2.00 bits per heavy atom. The zero-order chi connectivity index (χ0) is 15.2. The maximum absolute atomic E-state index is 5.62. The Labute approximate surface area is 127 Å². The number of rotatable bonds is 6. The predicted molar refractivity (Wildman–Crippen MR) is 85.9 cm³/mol. The highest BCUT2D eigenvalue weighted by Gasteiger charge is 2.13. The maximum atomic E-state index is 5.62. The molecule has 3 nitrogen and oxygen atoms in total. The fraction of sp³-hybridized carbons (Fsp3) is 0.444. The second-order valence-corrected chi connectivity index (χ2v) is 5.72. The highest BCUT2D eigenvalue weighted by molar-refractivity contribution is 5.33. The molecule has 21 heavy (non-hydrogen) atoms. The van der Waals surface area contributed by atoms with Gasteiger partial charge in [-0.25, -0.2) is 4.98 Å². The van der Waals surface area contributed by atoms with Gasteiger partial charge < -0.3 is 4.74 Å². The number of nitrogens with zero attached hydrogens (tertiary/aromatic N) is 2. The lowest BCUT2D eigenvalue weighted by Crippen LogP contribution is -2.04. The molecule has 1 unspecified atom stereocenters. The van der Waals surface area contributed by atoms with Gasteiger partial charge in [0.15, 0.2) is 0 Å². The van der Waals surface area contributed by atoms with E-state index in [4.69, 9.17) is 4.74 Å². The molecule has 0 N–H and O–H groups in total. The molecule has 0 saturated heterocycles. The van der Waals surface area contributed by atoms with Crippen LogP contribution in [0, 0.1) is 0 Å². The SMILES string of the molecule is CCOc1ncc(CC(C)c2cccnc2)cc1C(C)C. The average Bonchev–Trinajstić information content (AvgIpc) is 2.49. The Bertz CT molecular complexity index is 567. The molecule has 0 aromatic carbocycles. The number of hydrogen-bond donors (Lipinski definition) is 0. The fourth-order valence-corrected chi connectivity index (χ4v) is 2.44. The summed E-state index contributed by atoms with van der Waals surface area (Å²) in [4.78, 5) is 8.69. The lowest BCUT2D eigenvalue weighted by Gasteiger charge is -2.16. The Balaban J connectivity index is 2.19. The first-order valence-corrected chi connectivity index (χ1v) is 7.63. The van der Waals surface area contributed by atoms with E-state index in [9.17, 15) is 0 Å². The summed E-state index contributed by atoms with van der Waals surface area (Å²) in [7, 11) is 0. The van der Waals surface area contributed by atoms with Crippen LogP contribution in [-0.2, 0) is 6.42 Å². The van der Waals surface area contributed by atoms with Crippen LogP contribution in [-0.4, -0.2) is 16.6 Å². The minimum atomic E-state index is 0.410. The summed E-state index contributed by atoms with van der Waals surface area (Å²) in [6.45, 7) is 9.21. The normalized spacial score (nSPS) is 12.4. The Morgan fingerprint density at radius 3 is 2.62 bits per heavy atom. The second kappa shape index (κ2) is 7.21. The first kappa shape index (κ1) is 15.5. The first-order chi connectivity index (χ1) is 10.1. The van der Waals surface area contributed by atoms with Gasteiger partial charge in [0.1, 0.15) is 0 Å². The van der Waals surface area contributed by atoms with Crippen LogP contribution in [0.1, 0.15) is 56.2 Å². The summed E-state index contributed by atoms with van der Waals surface area (Å²) in [6, 6.07) is 6.35. The van der Waals surface area contributed by atoms with Gasteiger partial charge in [-0.3, -0.25) is 4.98 Å². The highest BCUT2D eigenvalue weighted by Crippen LogP contribution is 2.27. The van der Waals surface area contributed by atoms with E-state index in [0.29, 0.717) is 18.4 Å². The van der Waals surface area contributed by atoms with Crippen molar-refractivity contribution in [1.29, 1.82) is 0 Å². The molecule has 0 aliphatic heterocycles. The lowest BCUT2D eigenvalue weighted by atomic mass is 9.94. The van der Waals surface area contributed by atoms with E-state index in [1.165, 1.54) is 16.7 Å².